The molecule has 0 bridgehead atoms. The zero-order valence-electron chi connectivity index (χ0n) is 37.2. The van der Waals surface area contributed by atoms with Gasteiger partial charge in [0.15, 0.2) is 56.2 Å². The van der Waals surface area contributed by atoms with Gasteiger partial charge in [-0.1, -0.05) is 62.3 Å². The monoisotopic (exact) mass is 878 g/mol. The highest BCUT2D eigenvalue weighted by Crippen LogP contribution is 2.50. The molecule has 0 aliphatic carbocycles. The summed E-state index contributed by atoms with van der Waals surface area (Å²) >= 11 is 0. The molecule has 0 radical (unpaired) electrons. The number of anilines is 2. The van der Waals surface area contributed by atoms with Crippen LogP contribution >= 0.6 is 0 Å². The van der Waals surface area contributed by atoms with E-state index in [1.807, 2.05) is 0 Å². The molecule has 0 saturated carbocycles. The highest BCUT2D eigenvalue weighted by molar-refractivity contribution is 6.75. The predicted octanol–water partition coefficient (Wildman–Crippen LogP) is 4.46. The van der Waals surface area contributed by atoms with Crippen molar-refractivity contribution in [2.24, 2.45) is 0 Å². The molecule has 59 heavy (non-hydrogen) atoms. The van der Waals surface area contributed by atoms with E-state index >= 15 is 0 Å². The maximum absolute atomic E-state index is 13.1. The number of nitrogen functional groups attached to an aromatic ring is 2. The molecule has 2 aromatic rings. The van der Waals surface area contributed by atoms with Gasteiger partial charge in [0, 0.05) is 12.4 Å². The molecule has 0 aromatic carbocycles. The lowest BCUT2D eigenvalue weighted by atomic mass is 10.1. The number of hydrogen-bond acceptors (Lipinski definition) is 14. The summed E-state index contributed by atoms with van der Waals surface area (Å²) in [5.74, 6) is 0.112. The van der Waals surface area contributed by atoms with Gasteiger partial charge in [0.05, 0.1) is 0 Å². The molecule has 2 aliphatic heterocycles. The van der Waals surface area contributed by atoms with Crippen LogP contribution in [0.2, 0.25) is 54.4 Å². The van der Waals surface area contributed by atoms with Gasteiger partial charge in [-0.3, -0.25) is 28.3 Å². The van der Waals surface area contributed by atoms with Crippen molar-refractivity contribution in [1.82, 2.24) is 19.1 Å². The molecule has 2 aromatic heterocycles. The van der Waals surface area contributed by atoms with Crippen LogP contribution in [0, 0.1) is 13.1 Å². The van der Waals surface area contributed by atoms with Gasteiger partial charge < -0.3 is 40.1 Å². The Morgan fingerprint density at radius 3 is 1.53 bits per heavy atom. The van der Waals surface area contributed by atoms with Crippen LogP contribution < -0.4 is 22.8 Å². The minimum Gasteiger partial charge on any atom is -0.406 e. The van der Waals surface area contributed by atoms with Crippen LogP contribution in [0.3, 0.4) is 0 Å². The molecule has 8 atom stereocenters. The number of ether oxygens (including phenoxy) is 2. The second-order valence-corrected chi connectivity index (χ2v) is 34.1. The normalized spacial score (nSPS) is 28.1. The first-order valence-electron chi connectivity index (χ1n) is 19.5. The first kappa shape index (κ1) is 50.0. The van der Waals surface area contributed by atoms with Crippen LogP contribution in [0.4, 0.5) is 11.6 Å². The van der Waals surface area contributed by atoms with Crippen molar-refractivity contribution in [2.75, 3.05) is 24.7 Å². The molecule has 2 fully saturated rings. The van der Waals surface area contributed by atoms with E-state index in [4.69, 9.17) is 52.5 Å². The zero-order chi connectivity index (χ0) is 45.5. The molecule has 0 amide bonds. The molecule has 0 unspecified atom stereocenters. The molecule has 21 heteroatoms. The minimum absolute atomic E-state index is 0.00659. The Bertz CT molecular complexity index is 2010. The summed E-state index contributed by atoms with van der Waals surface area (Å²) in [5, 5.41) is 28.4. The van der Waals surface area contributed by atoms with E-state index in [-0.39, 0.29) is 33.4 Å². The zero-order valence-corrected chi connectivity index (χ0v) is 40.2. The van der Waals surface area contributed by atoms with E-state index in [2.05, 4.69) is 121 Å². The second-order valence-electron chi connectivity index (χ2n) is 19.8. The van der Waals surface area contributed by atoms with E-state index in [0.717, 1.165) is 4.57 Å². The van der Waals surface area contributed by atoms with Gasteiger partial charge >= 0.3 is 22.8 Å². The van der Waals surface area contributed by atoms with E-state index < -0.39 is 91.3 Å². The summed E-state index contributed by atoms with van der Waals surface area (Å²) < 4.78 is 34.9. The molecule has 4 heterocycles. The summed E-state index contributed by atoms with van der Waals surface area (Å²) in [6.45, 7) is 47.0. The third kappa shape index (κ3) is 10.2. The molecule has 18 nitrogen and oxygen atoms in total. The van der Waals surface area contributed by atoms with E-state index in [9.17, 15) is 19.8 Å². The first-order chi connectivity index (χ1) is 26.7. The van der Waals surface area contributed by atoms with Crippen LogP contribution in [0.1, 0.15) is 74.8 Å². The van der Waals surface area contributed by atoms with Crippen molar-refractivity contribution in [3.05, 3.63) is 68.3 Å². The van der Waals surface area contributed by atoms with Crippen LogP contribution in [0.5, 0.6) is 0 Å². The van der Waals surface area contributed by atoms with E-state index in [0.29, 0.717) is 0 Å². The average Bonchev–Trinajstić information content (AvgIpc) is 3.52. The van der Waals surface area contributed by atoms with Gasteiger partial charge in [0.1, 0.15) is 30.5 Å². The number of aliphatic hydroxyl groups excluding tert-OH is 3. The maximum Gasteiger partial charge on any atom is 0.390 e. The van der Waals surface area contributed by atoms with Crippen molar-refractivity contribution < 1.29 is 38.1 Å². The van der Waals surface area contributed by atoms with Crippen molar-refractivity contribution in [2.45, 2.75) is 165 Å². The Morgan fingerprint density at radius 1 is 0.746 bits per heavy atom. The summed E-state index contributed by atoms with van der Waals surface area (Å²) in [5.41, 5.74) is 6.27. The van der Waals surface area contributed by atoms with Gasteiger partial charge in [0.25, 0.3) is 0 Å². The van der Waals surface area contributed by atoms with Crippen LogP contribution in [0.25, 0.3) is 9.69 Å². The number of aliphatic hydroxyl groups is 3. The molecule has 7 N–H and O–H groups in total. The highest BCUT2D eigenvalue weighted by atomic mass is 28.4. The topological polar surface area (TPSA) is 237 Å². The summed E-state index contributed by atoms with van der Waals surface area (Å²) in [4.78, 5) is 39.3. The summed E-state index contributed by atoms with van der Waals surface area (Å²) in [7, 11) is -7.17. The summed E-state index contributed by atoms with van der Waals surface area (Å²) in [6, 6.07) is 2.86. The van der Waals surface area contributed by atoms with Crippen LogP contribution in [-0.2, 0) is 22.8 Å². The number of nitrogens with two attached hydrogens (primary N) is 2. The number of hydrogen-bond donors (Lipinski definition) is 5. The van der Waals surface area contributed by atoms with Crippen LogP contribution in [-0.4, -0.2) is 108 Å². The fourth-order valence-corrected chi connectivity index (χ4v) is 9.07. The predicted molar refractivity (Wildman–Crippen MR) is 231 cm³/mol. The molecule has 2 aliphatic rings. The lowest BCUT2D eigenvalue weighted by Gasteiger charge is -2.44. The maximum atomic E-state index is 13.1. The number of nitrogens with zero attached hydrogens (tertiary/aromatic N) is 6. The Morgan fingerprint density at radius 2 is 1.15 bits per heavy atom. The Hall–Kier alpha value is -3.33. The minimum atomic E-state index is -2.46. The lowest BCUT2D eigenvalue weighted by molar-refractivity contribution is -0.101. The Balaban J connectivity index is 0.000000405. The summed E-state index contributed by atoms with van der Waals surface area (Å²) in [6.07, 6.45) is -4.21. The van der Waals surface area contributed by atoms with E-state index in [1.54, 1.807) is 12.3 Å². The second kappa shape index (κ2) is 17.2. The molecule has 2 saturated heterocycles. The van der Waals surface area contributed by atoms with Crippen molar-refractivity contribution >= 4 is 36.6 Å². The third-order valence-electron chi connectivity index (χ3n) is 12.5. The average molecular weight is 879 g/mol. The number of rotatable bonds is 10. The smallest absolute Gasteiger partial charge is 0.390 e. The largest absolute Gasteiger partial charge is 0.406 e. The highest BCUT2D eigenvalue weighted by Gasteiger charge is 2.67. The molecular weight excluding hydrogens is 813 g/mol. The van der Waals surface area contributed by atoms with Crippen molar-refractivity contribution in [3.63, 3.8) is 0 Å². The molecule has 330 valence electrons. The van der Waals surface area contributed by atoms with Gasteiger partial charge in [-0.25, -0.2) is 22.7 Å². The SMILES string of the molecule is [C-]#[N+][C@]1(CO)O[C@@H](n2ccc(N)nc2=O)[C@H](O)[C@@H]1O.[C-]#[N+][C@]1(CO[Si](C)(C)C(C)(C)C)O[C@@H](n2ccc(N)nc2=O)[C@H](O[Si](C)(C)C(C)(C)C)[C@H]1O[Si](C)(C)C(C)(C)C. The van der Waals surface area contributed by atoms with Gasteiger partial charge in [0.2, 0.25) is 0 Å². The standard InChI is InChI=1S/C28H54N4O5Si3.C10H12N4O5/c1-25(2,3)38(11,12)34-19-28(30-10)22(37-40(15,16)27(7,8)9)21(36-39(13,14)26(4,5)6)23(35-28)32-18-17-20(29)31-24(32)33;1-12-10(4-15)7(17)6(16)8(19-10)14-3-2-5(11)13-9(14)18/h17-18,21-23H,19H2,1-9,11-16H3,(H2,29,31,33);2-3,6-8,15-17H,4H2,(H2,11,13,18)/t21-,22-,23-,28-;6-,7+,8-,10-/m11/s1. The fourth-order valence-electron chi connectivity index (χ4n) is 5.48. The van der Waals surface area contributed by atoms with E-state index in [1.165, 1.54) is 16.8 Å². The van der Waals surface area contributed by atoms with Gasteiger partial charge in [-0.15, -0.1) is 0 Å². The number of aromatic nitrogens is 4. The van der Waals surface area contributed by atoms with Gasteiger partial charge in [-0.2, -0.15) is 9.97 Å². The quantitative estimate of drug-likeness (QED) is 0.164. The van der Waals surface area contributed by atoms with Crippen molar-refractivity contribution in [3.8, 4) is 0 Å². The lowest BCUT2D eigenvalue weighted by Crippen LogP contribution is -2.58. The molecule has 0 spiro atoms. The Labute approximate surface area is 350 Å². The molecule has 4 rings (SSSR count). The Kier molecular flexibility index (Phi) is 14.6. The first-order valence-corrected chi connectivity index (χ1v) is 28.2. The van der Waals surface area contributed by atoms with Gasteiger partial charge in [-0.05, 0) is 66.5 Å². The third-order valence-corrected chi connectivity index (χ3v) is 25.9. The van der Waals surface area contributed by atoms with Crippen molar-refractivity contribution in [1.29, 1.82) is 0 Å². The molecular formula is C38H66N8O10Si3. The van der Waals surface area contributed by atoms with Crippen LogP contribution in [0.15, 0.2) is 34.1 Å². The fraction of sp³-hybridized carbons (Fsp3) is 0.737.